The molecule has 1 aromatic carbocycles. The number of aliphatic carboxylic acids is 1. The Morgan fingerprint density at radius 3 is 2.68 bits per heavy atom. The molecule has 0 radical (unpaired) electrons. The third-order valence-corrected chi connectivity index (χ3v) is 3.85. The molecule has 1 amide bonds. The van der Waals surface area contributed by atoms with E-state index >= 15 is 0 Å². The zero-order valence-electron chi connectivity index (χ0n) is 12.4. The van der Waals surface area contributed by atoms with Gasteiger partial charge < -0.3 is 10.4 Å². The summed E-state index contributed by atoms with van der Waals surface area (Å²) in [6, 6.07) is 6.04. The number of hydrogen-bond acceptors (Lipinski definition) is 3. The summed E-state index contributed by atoms with van der Waals surface area (Å²) < 4.78 is 12.9. The fraction of sp³-hybridized carbons (Fsp3) is 0.500. The second-order valence-corrected chi connectivity index (χ2v) is 5.54. The third-order valence-electron chi connectivity index (χ3n) is 3.85. The van der Waals surface area contributed by atoms with Crippen LogP contribution in [0.25, 0.3) is 0 Å². The second kappa shape index (κ2) is 7.89. The number of halogens is 1. The van der Waals surface area contributed by atoms with Gasteiger partial charge in [-0.05, 0) is 37.1 Å². The highest BCUT2D eigenvalue weighted by atomic mass is 19.1. The Labute approximate surface area is 129 Å². The summed E-state index contributed by atoms with van der Waals surface area (Å²) in [6.45, 7) is 1.56. The summed E-state index contributed by atoms with van der Waals surface area (Å²) in [4.78, 5) is 24.8. The molecule has 1 aliphatic heterocycles. The van der Waals surface area contributed by atoms with Crippen molar-refractivity contribution >= 4 is 11.9 Å². The smallest absolute Gasteiger partial charge is 0.305 e. The van der Waals surface area contributed by atoms with Gasteiger partial charge in [-0.1, -0.05) is 18.6 Å². The summed E-state index contributed by atoms with van der Waals surface area (Å²) in [5.74, 6) is -1.32. The summed E-state index contributed by atoms with van der Waals surface area (Å²) in [6.07, 6.45) is 2.70. The molecule has 2 rings (SSSR count). The van der Waals surface area contributed by atoms with E-state index in [-0.39, 0.29) is 30.7 Å². The molecule has 5 nitrogen and oxygen atoms in total. The molecule has 1 atom stereocenters. The maximum Gasteiger partial charge on any atom is 0.305 e. The number of amides is 1. The van der Waals surface area contributed by atoms with Crippen LogP contribution in [-0.2, 0) is 16.1 Å². The van der Waals surface area contributed by atoms with Crippen LogP contribution in [0.3, 0.4) is 0 Å². The van der Waals surface area contributed by atoms with E-state index in [1.165, 1.54) is 12.1 Å². The number of hydrogen-bond donors (Lipinski definition) is 2. The van der Waals surface area contributed by atoms with Crippen molar-refractivity contribution in [3.63, 3.8) is 0 Å². The van der Waals surface area contributed by atoms with Crippen molar-refractivity contribution in [2.24, 2.45) is 0 Å². The van der Waals surface area contributed by atoms with Crippen molar-refractivity contribution in [2.75, 3.05) is 13.1 Å². The molecule has 0 spiro atoms. The number of carboxylic acids is 1. The molecular weight excluding hydrogens is 287 g/mol. The molecule has 2 N–H and O–H groups in total. The Kier molecular flexibility index (Phi) is 5.89. The van der Waals surface area contributed by atoms with E-state index in [2.05, 4.69) is 10.2 Å². The molecule has 1 aliphatic rings. The van der Waals surface area contributed by atoms with Crippen molar-refractivity contribution in [3.05, 3.63) is 35.6 Å². The maximum absolute atomic E-state index is 12.9. The Morgan fingerprint density at radius 2 is 2.00 bits per heavy atom. The first-order valence-corrected chi connectivity index (χ1v) is 7.54. The standard InChI is InChI=1S/C16H21FN2O3/c17-13-6-4-12(5-7-13)11-19-10-2-1-3-14(19)16(22)18-9-8-15(20)21/h4-7,14H,1-3,8-11H2,(H,18,22)(H,20,21). The molecule has 120 valence electrons. The fourth-order valence-electron chi connectivity index (χ4n) is 2.71. The number of carboxylic acid groups (broad SMARTS) is 1. The predicted octanol–water partition coefficient (Wildman–Crippen LogP) is 1.77. The normalized spacial score (nSPS) is 18.9. The largest absolute Gasteiger partial charge is 0.481 e. The van der Waals surface area contributed by atoms with Gasteiger partial charge in [0.25, 0.3) is 0 Å². The molecule has 1 unspecified atom stereocenters. The second-order valence-electron chi connectivity index (χ2n) is 5.54. The van der Waals surface area contributed by atoms with Gasteiger partial charge in [0.1, 0.15) is 5.82 Å². The Bertz CT molecular complexity index is 519. The number of nitrogens with one attached hydrogen (secondary N) is 1. The molecule has 0 bridgehead atoms. The summed E-state index contributed by atoms with van der Waals surface area (Å²) in [5.41, 5.74) is 0.964. The Balaban J connectivity index is 1.93. The molecule has 1 aromatic rings. The van der Waals surface area contributed by atoms with E-state index in [4.69, 9.17) is 5.11 Å². The van der Waals surface area contributed by atoms with E-state index in [1.54, 1.807) is 12.1 Å². The SMILES string of the molecule is O=C(O)CCNC(=O)C1CCCCN1Cc1ccc(F)cc1. The lowest BCUT2D eigenvalue weighted by atomic mass is 10.0. The molecule has 0 saturated carbocycles. The number of carbonyl (C=O) groups is 2. The van der Waals surface area contributed by atoms with Gasteiger partial charge in [-0.25, -0.2) is 4.39 Å². The molecular formula is C16H21FN2O3. The monoisotopic (exact) mass is 308 g/mol. The molecule has 22 heavy (non-hydrogen) atoms. The van der Waals surface area contributed by atoms with Crippen LogP contribution >= 0.6 is 0 Å². The van der Waals surface area contributed by atoms with Gasteiger partial charge in [-0.15, -0.1) is 0 Å². The number of carbonyl (C=O) groups excluding carboxylic acids is 1. The Morgan fingerprint density at radius 1 is 1.27 bits per heavy atom. The van der Waals surface area contributed by atoms with Crippen LogP contribution in [0, 0.1) is 5.82 Å². The molecule has 1 heterocycles. The van der Waals surface area contributed by atoms with Gasteiger partial charge >= 0.3 is 5.97 Å². The lowest BCUT2D eigenvalue weighted by Gasteiger charge is -2.34. The van der Waals surface area contributed by atoms with Gasteiger partial charge in [-0.3, -0.25) is 14.5 Å². The number of rotatable bonds is 6. The first kappa shape index (κ1) is 16.4. The van der Waals surface area contributed by atoms with Crippen LogP contribution in [0.4, 0.5) is 4.39 Å². The van der Waals surface area contributed by atoms with E-state index in [9.17, 15) is 14.0 Å². The van der Waals surface area contributed by atoms with Gasteiger partial charge in [-0.2, -0.15) is 0 Å². The van der Waals surface area contributed by atoms with Crippen molar-refractivity contribution in [1.82, 2.24) is 10.2 Å². The summed E-state index contributed by atoms with van der Waals surface area (Å²) >= 11 is 0. The van der Waals surface area contributed by atoms with Crippen LogP contribution < -0.4 is 5.32 Å². The van der Waals surface area contributed by atoms with Crippen molar-refractivity contribution in [1.29, 1.82) is 0 Å². The predicted molar refractivity (Wildman–Crippen MR) is 79.7 cm³/mol. The Hall–Kier alpha value is -1.95. The number of piperidine rings is 1. The minimum absolute atomic E-state index is 0.0730. The zero-order valence-corrected chi connectivity index (χ0v) is 12.4. The minimum Gasteiger partial charge on any atom is -0.481 e. The average Bonchev–Trinajstić information content (AvgIpc) is 2.49. The van der Waals surface area contributed by atoms with E-state index < -0.39 is 5.97 Å². The molecule has 0 aliphatic carbocycles. The number of likely N-dealkylation sites (tertiary alicyclic amines) is 1. The molecule has 6 heteroatoms. The summed E-state index contributed by atoms with van der Waals surface area (Å²) in [5, 5.41) is 11.3. The van der Waals surface area contributed by atoms with Crippen LogP contribution in [-0.4, -0.2) is 41.0 Å². The highest BCUT2D eigenvalue weighted by Gasteiger charge is 2.28. The van der Waals surface area contributed by atoms with Gasteiger partial charge in [0.05, 0.1) is 12.5 Å². The quantitative estimate of drug-likeness (QED) is 0.840. The van der Waals surface area contributed by atoms with Crippen LogP contribution in [0.5, 0.6) is 0 Å². The highest BCUT2D eigenvalue weighted by Crippen LogP contribution is 2.20. The number of benzene rings is 1. The van der Waals surface area contributed by atoms with E-state index in [0.717, 1.165) is 31.4 Å². The first-order chi connectivity index (χ1) is 10.6. The number of nitrogens with zero attached hydrogens (tertiary/aromatic N) is 1. The fourth-order valence-corrected chi connectivity index (χ4v) is 2.71. The molecule has 1 saturated heterocycles. The lowest BCUT2D eigenvalue weighted by Crippen LogP contribution is -2.49. The molecule has 0 aromatic heterocycles. The van der Waals surface area contributed by atoms with Crippen molar-refractivity contribution in [2.45, 2.75) is 38.3 Å². The van der Waals surface area contributed by atoms with Crippen LogP contribution in [0.15, 0.2) is 24.3 Å². The topological polar surface area (TPSA) is 69.6 Å². The van der Waals surface area contributed by atoms with Gasteiger partial charge in [0.15, 0.2) is 0 Å². The van der Waals surface area contributed by atoms with E-state index in [0.29, 0.717) is 6.54 Å². The third kappa shape index (κ3) is 4.80. The molecule has 1 fully saturated rings. The maximum atomic E-state index is 12.9. The van der Waals surface area contributed by atoms with Crippen molar-refractivity contribution in [3.8, 4) is 0 Å². The highest BCUT2D eigenvalue weighted by molar-refractivity contribution is 5.82. The van der Waals surface area contributed by atoms with Crippen molar-refractivity contribution < 1.29 is 19.1 Å². The van der Waals surface area contributed by atoms with E-state index in [1.807, 2.05) is 0 Å². The van der Waals surface area contributed by atoms with Gasteiger partial charge in [0.2, 0.25) is 5.91 Å². The minimum atomic E-state index is -0.924. The average molecular weight is 308 g/mol. The lowest BCUT2D eigenvalue weighted by molar-refractivity contribution is -0.137. The first-order valence-electron chi connectivity index (χ1n) is 7.54. The van der Waals surface area contributed by atoms with Crippen LogP contribution in [0.1, 0.15) is 31.2 Å². The van der Waals surface area contributed by atoms with Crippen LogP contribution in [0.2, 0.25) is 0 Å². The summed E-state index contributed by atoms with van der Waals surface area (Å²) in [7, 11) is 0. The zero-order chi connectivity index (χ0) is 15.9. The van der Waals surface area contributed by atoms with Gasteiger partial charge in [0, 0.05) is 13.1 Å².